The lowest BCUT2D eigenvalue weighted by atomic mass is 10.1. The molecule has 0 atom stereocenters. The summed E-state index contributed by atoms with van der Waals surface area (Å²) in [6.07, 6.45) is 2.97. The summed E-state index contributed by atoms with van der Waals surface area (Å²) in [5.74, 6) is 0. The zero-order chi connectivity index (χ0) is 18.2. The van der Waals surface area contributed by atoms with Crippen LogP contribution in [0.5, 0.6) is 0 Å². The lowest BCUT2D eigenvalue weighted by Crippen LogP contribution is -2.25. The van der Waals surface area contributed by atoms with Gasteiger partial charge in [-0.15, -0.1) is 0 Å². The number of aryl methyl sites for hydroxylation is 1. The van der Waals surface area contributed by atoms with Gasteiger partial charge >= 0.3 is 0 Å². The molecule has 6 heteroatoms. The molecule has 2 aromatic carbocycles. The third-order valence-corrected chi connectivity index (χ3v) is 5.57. The second-order valence-electron chi connectivity index (χ2n) is 6.13. The fourth-order valence-electron chi connectivity index (χ4n) is 3.33. The molecular formula is C19H23N3O2S. The molecule has 0 unspecified atom stereocenters. The number of hydrogen-bond donors (Lipinski definition) is 0. The number of hydrogen-bond acceptors (Lipinski definition) is 4. The van der Waals surface area contributed by atoms with Crippen LogP contribution in [0.2, 0.25) is 0 Å². The smallest absolute Gasteiger partial charge is 0.179 e. The molecule has 0 aliphatic rings. The first-order chi connectivity index (χ1) is 11.9. The summed E-state index contributed by atoms with van der Waals surface area (Å²) in [4.78, 5) is 6.91. The highest BCUT2D eigenvalue weighted by atomic mass is 32.2. The number of benzene rings is 2. The molecular weight excluding hydrogens is 334 g/mol. The normalized spacial score (nSPS) is 11.8. The number of sulfone groups is 1. The van der Waals surface area contributed by atoms with Gasteiger partial charge < -0.3 is 4.90 Å². The number of anilines is 1. The molecule has 0 saturated heterocycles. The van der Waals surface area contributed by atoms with Gasteiger partial charge in [0.1, 0.15) is 11.2 Å². The Morgan fingerprint density at radius 3 is 2.32 bits per heavy atom. The van der Waals surface area contributed by atoms with Gasteiger partial charge in [0.2, 0.25) is 0 Å². The Hall–Kier alpha value is -2.34. The summed E-state index contributed by atoms with van der Waals surface area (Å²) in [5, 5.41) is 0. The van der Waals surface area contributed by atoms with Crippen molar-refractivity contribution < 1.29 is 8.42 Å². The number of fused-ring (bicyclic) bond motifs is 1. The van der Waals surface area contributed by atoms with E-state index in [0.717, 1.165) is 30.0 Å². The molecule has 1 aromatic heterocycles. The molecule has 0 aliphatic heterocycles. The second kappa shape index (κ2) is 6.52. The summed E-state index contributed by atoms with van der Waals surface area (Å²) in [7, 11) is -3.45. The summed E-state index contributed by atoms with van der Waals surface area (Å²) in [6, 6.07) is 11.7. The van der Waals surface area contributed by atoms with Crippen LogP contribution in [0.3, 0.4) is 0 Å². The van der Waals surface area contributed by atoms with E-state index >= 15 is 0 Å². The summed E-state index contributed by atoms with van der Waals surface area (Å²) >= 11 is 0. The van der Waals surface area contributed by atoms with Crippen LogP contribution in [0.1, 0.15) is 19.4 Å². The van der Waals surface area contributed by atoms with Crippen molar-refractivity contribution >= 4 is 26.6 Å². The summed E-state index contributed by atoms with van der Waals surface area (Å²) in [5.41, 5.74) is 3.93. The fourth-order valence-corrected chi connectivity index (χ4v) is 4.52. The quantitative estimate of drug-likeness (QED) is 0.700. The number of para-hydroxylation sites is 1. The largest absolute Gasteiger partial charge is 0.371 e. The van der Waals surface area contributed by atoms with Gasteiger partial charge in [-0.2, -0.15) is 0 Å². The first kappa shape index (κ1) is 17.5. The predicted molar refractivity (Wildman–Crippen MR) is 102 cm³/mol. The van der Waals surface area contributed by atoms with E-state index in [1.165, 1.54) is 6.26 Å². The molecule has 0 saturated carbocycles. The molecule has 0 spiro atoms. The lowest BCUT2D eigenvalue weighted by molar-refractivity contribution is 0.602. The van der Waals surface area contributed by atoms with Crippen LogP contribution in [0.25, 0.3) is 16.7 Å². The fraction of sp³-hybridized carbons (Fsp3) is 0.316. The highest BCUT2D eigenvalue weighted by Gasteiger charge is 2.26. The van der Waals surface area contributed by atoms with E-state index < -0.39 is 9.84 Å². The maximum absolute atomic E-state index is 12.8. The number of imidazole rings is 1. The van der Waals surface area contributed by atoms with Gasteiger partial charge in [0.05, 0.1) is 16.7 Å². The average Bonchev–Trinajstić information content (AvgIpc) is 2.99. The second-order valence-corrected chi connectivity index (χ2v) is 8.09. The van der Waals surface area contributed by atoms with E-state index in [1.807, 2.05) is 61.7 Å². The van der Waals surface area contributed by atoms with Gasteiger partial charge in [0.15, 0.2) is 9.84 Å². The van der Waals surface area contributed by atoms with E-state index in [0.29, 0.717) is 15.9 Å². The van der Waals surface area contributed by atoms with Crippen LogP contribution >= 0.6 is 0 Å². The van der Waals surface area contributed by atoms with Crippen molar-refractivity contribution in [3.63, 3.8) is 0 Å². The van der Waals surface area contributed by atoms with Gasteiger partial charge in [-0.05, 0) is 44.5 Å². The monoisotopic (exact) mass is 357 g/mol. The molecule has 0 bridgehead atoms. The predicted octanol–water partition coefficient (Wildman–Crippen LogP) is 3.58. The Balaban J connectivity index is 2.47. The van der Waals surface area contributed by atoms with Crippen LogP contribution < -0.4 is 4.90 Å². The molecule has 5 nitrogen and oxygen atoms in total. The van der Waals surface area contributed by atoms with Crippen LogP contribution in [-0.4, -0.2) is 37.3 Å². The summed E-state index contributed by atoms with van der Waals surface area (Å²) in [6.45, 7) is 7.50. The number of rotatable bonds is 5. The Kier molecular flexibility index (Phi) is 4.56. The van der Waals surface area contributed by atoms with Crippen molar-refractivity contribution in [2.24, 2.45) is 0 Å². The molecule has 132 valence electrons. The molecule has 0 radical (unpaired) electrons. The van der Waals surface area contributed by atoms with Crippen LogP contribution in [0, 0.1) is 6.92 Å². The van der Waals surface area contributed by atoms with Gasteiger partial charge in [0, 0.05) is 25.0 Å². The minimum absolute atomic E-state index is 0.354. The Morgan fingerprint density at radius 1 is 1.12 bits per heavy atom. The molecule has 0 fully saturated rings. The molecule has 25 heavy (non-hydrogen) atoms. The number of nitrogens with zero attached hydrogens (tertiary/aromatic N) is 3. The van der Waals surface area contributed by atoms with E-state index in [1.54, 1.807) is 6.33 Å². The van der Waals surface area contributed by atoms with Crippen LogP contribution in [0.15, 0.2) is 47.6 Å². The Labute approximate surface area is 148 Å². The average molecular weight is 357 g/mol. The van der Waals surface area contributed by atoms with Gasteiger partial charge in [-0.3, -0.25) is 4.57 Å². The standard InChI is InChI=1S/C19H23N3O2S/c1-5-21(6-2)17-14(3)12-16-18(19(17)25(4,23)24)22(13-20-16)15-10-8-7-9-11-15/h7-13H,5-6H2,1-4H3. The van der Waals surface area contributed by atoms with Gasteiger partial charge in [-0.1, -0.05) is 18.2 Å². The van der Waals surface area contributed by atoms with E-state index in [2.05, 4.69) is 9.88 Å². The maximum Gasteiger partial charge on any atom is 0.179 e. The topological polar surface area (TPSA) is 55.2 Å². The van der Waals surface area contributed by atoms with Crippen molar-refractivity contribution in [3.05, 3.63) is 48.3 Å². The minimum atomic E-state index is -3.45. The minimum Gasteiger partial charge on any atom is -0.371 e. The van der Waals surface area contributed by atoms with E-state index in [9.17, 15) is 8.42 Å². The third-order valence-electron chi connectivity index (χ3n) is 4.44. The van der Waals surface area contributed by atoms with Crippen molar-refractivity contribution in [3.8, 4) is 5.69 Å². The van der Waals surface area contributed by atoms with Gasteiger partial charge in [0.25, 0.3) is 0 Å². The van der Waals surface area contributed by atoms with Crippen molar-refractivity contribution in [1.29, 1.82) is 0 Å². The van der Waals surface area contributed by atoms with Gasteiger partial charge in [-0.25, -0.2) is 13.4 Å². The number of aromatic nitrogens is 2. The van der Waals surface area contributed by atoms with Crippen LogP contribution in [0.4, 0.5) is 5.69 Å². The zero-order valence-electron chi connectivity index (χ0n) is 15.0. The molecule has 0 amide bonds. The third kappa shape index (κ3) is 3.02. The molecule has 0 N–H and O–H groups in total. The highest BCUT2D eigenvalue weighted by molar-refractivity contribution is 7.91. The highest BCUT2D eigenvalue weighted by Crippen LogP contribution is 2.36. The Morgan fingerprint density at radius 2 is 1.76 bits per heavy atom. The SMILES string of the molecule is CCN(CC)c1c(C)cc2ncn(-c3ccccc3)c2c1S(C)(=O)=O. The zero-order valence-corrected chi connectivity index (χ0v) is 15.8. The molecule has 0 aliphatic carbocycles. The first-order valence-electron chi connectivity index (χ1n) is 8.39. The molecule has 3 rings (SSSR count). The van der Waals surface area contributed by atoms with Crippen molar-refractivity contribution in [2.45, 2.75) is 25.7 Å². The molecule has 3 aromatic rings. The maximum atomic E-state index is 12.8. The Bertz CT molecular complexity index is 1000. The summed E-state index contributed by atoms with van der Waals surface area (Å²) < 4.78 is 27.4. The van der Waals surface area contributed by atoms with E-state index in [-0.39, 0.29) is 0 Å². The lowest BCUT2D eigenvalue weighted by Gasteiger charge is -2.26. The van der Waals surface area contributed by atoms with Crippen molar-refractivity contribution in [1.82, 2.24) is 9.55 Å². The van der Waals surface area contributed by atoms with E-state index in [4.69, 9.17) is 0 Å². The molecule has 1 heterocycles. The van der Waals surface area contributed by atoms with Crippen molar-refractivity contribution in [2.75, 3.05) is 24.2 Å². The first-order valence-corrected chi connectivity index (χ1v) is 10.3. The van der Waals surface area contributed by atoms with Crippen LogP contribution in [-0.2, 0) is 9.84 Å².